The number of hydrogen-bond acceptors (Lipinski definition) is 10. The van der Waals surface area contributed by atoms with Crippen LogP contribution in [0.3, 0.4) is 0 Å². The standard InChI is InChI=1S/C24H26Cl2N8O3/c1-33-11-17(35-2)18(12-33)36-24-30-20-13(22(31-24)34-7-5-27-6-8-34)3-4-28-23(20)37-21-14-10-29-32-16(14)9-15(25)19(21)26/h3-4,9-10,17-18,27H,5-8,11-12H2,1-2H3,(H,29,32)/t17-,18-/m1/s1. The molecule has 0 spiro atoms. The van der Waals surface area contributed by atoms with Crippen LogP contribution in [0.5, 0.6) is 17.6 Å². The molecule has 2 N–H and O–H groups in total. The molecule has 37 heavy (non-hydrogen) atoms. The lowest BCUT2D eigenvalue weighted by molar-refractivity contribution is 0.0300. The van der Waals surface area contributed by atoms with Crippen molar-refractivity contribution in [3.63, 3.8) is 0 Å². The highest BCUT2D eigenvalue weighted by Gasteiger charge is 2.34. The number of hydrogen-bond donors (Lipinski definition) is 2. The molecule has 194 valence electrons. The van der Waals surface area contributed by atoms with Crippen LogP contribution in [0.25, 0.3) is 21.8 Å². The molecule has 4 aromatic rings. The van der Waals surface area contributed by atoms with Crippen molar-refractivity contribution in [2.75, 3.05) is 58.3 Å². The van der Waals surface area contributed by atoms with Gasteiger partial charge in [-0.15, -0.1) is 0 Å². The normalized spacial score (nSPS) is 20.7. The summed E-state index contributed by atoms with van der Waals surface area (Å²) in [5.74, 6) is 1.37. The fourth-order valence-corrected chi connectivity index (χ4v) is 5.23. The number of fused-ring (bicyclic) bond motifs is 2. The van der Waals surface area contributed by atoms with E-state index in [0.29, 0.717) is 33.7 Å². The zero-order valence-corrected chi connectivity index (χ0v) is 21.9. The number of likely N-dealkylation sites (N-methyl/N-ethyl adjacent to an activating group) is 1. The highest BCUT2D eigenvalue weighted by molar-refractivity contribution is 6.44. The molecule has 0 unspecified atom stereocenters. The number of nitrogens with one attached hydrogen (secondary N) is 2. The Kier molecular flexibility index (Phi) is 6.63. The van der Waals surface area contributed by atoms with Gasteiger partial charge in [0.2, 0.25) is 5.88 Å². The largest absolute Gasteiger partial charge is 0.456 e. The van der Waals surface area contributed by atoms with Gasteiger partial charge in [-0.3, -0.25) is 10.00 Å². The molecule has 6 rings (SSSR count). The second kappa shape index (κ2) is 10.1. The van der Waals surface area contributed by atoms with Gasteiger partial charge < -0.3 is 24.4 Å². The van der Waals surface area contributed by atoms with E-state index in [1.165, 1.54) is 0 Å². The zero-order valence-electron chi connectivity index (χ0n) is 20.4. The lowest BCUT2D eigenvalue weighted by Crippen LogP contribution is -2.44. The van der Waals surface area contributed by atoms with Crippen molar-refractivity contribution in [3.05, 3.63) is 34.6 Å². The summed E-state index contributed by atoms with van der Waals surface area (Å²) < 4.78 is 18.3. The van der Waals surface area contributed by atoms with Crippen molar-refractivity contribution in [2.45, 2.75) is 12.2 Å². The Morgan fingerprint density at radius 3 is 2.70 bits per heavy atom. The van der Waals surface area contributed by atoms with E-state index in [1.54, 1.807) is 25.6 Å². The van der Waals surface area contributed by atoms with Gasteiger partial charge in [0.25, 0.3) is 0 Å². The summed E-state index contributed by atoms with van der Waals surface area (Å²) in [5, 5.41) is 12.5. The molecule has 13 heteroatoms. The topological polar surface area (TPSA) is 114 Å². The number of likely N-dealkylation sites (tertiary alicyclic amines) is 1. The lowest BCUT2D eigenvalue weighted by atomic mass is 10.2. The summed E-state index contributed by atoms with van der Waals surface area (Å²) in [6.45, 7) is 4.77. The maximum atomic E-state index is 6.56. The van der Waals surface area contributed by atoms with Gasteiger partial charge >= 0.3 is 6.01 Å². The number of halogens is 2. The number of nitrogens with zero attached hydrogens (tertiary/aromatic N) is 6. The van der Waals surface area contributed by atoms with Crippen molar-refractivity contribution >= 4 is 50.8 Å². The minimum Gasteiger partial charge on any atom is -0.456 e. The fourth-order valence-electron chi connectivity index (χ4n) is 4.84. The van der Waals surface area contributed by atoms with Crippen LogP contribution in [0.4, 0.5) is 5.82 Å². The first-order valence-electron chi connectivity index (χ1n) is 12.0. The summed E-state index contributed by atoms with van der Waals surface area (Å²) in [5.41, 5.74) is 1.20. The molecule has 0 amide bonds. The van der Waals surface area contributed by atoms with Crippen molar-refractivity contribution < 1.29 is 14.2 Å². The summed E-state index contributed by atoms with van der Waals surface area (Å²) in [6, 6.07) is 3.83. The minimum atomic E-state index is -0.211. The van der Waals surface area contributed by atoms with Crippen molar-refractivity contribution in [1.82, 2.24) is 35.4 Å². The molecular weight excluding hydrogens is 519 g/mol. The Morgan fingerprint density at radius 1 is 1.08 bits per heavy atom. The highest BCUT2D eigenvalue weighted by Crippen LogP contribution is 2.42. The third-order valence-corrected chi connectivity index (χ3v) is 7.48. The summed E-state index contributed by atoms with van der Waals surface area (Å²) >= 11 is 12.9. The molecule has 0 aliphatic carbocycles. The maximum Gasteiger partial charge on any atom is 0.319 e. The first-order chi connectivity index (χ1) is 18.0. The number of piperazine rings is 1. The van der Waals surface area contributed by atoms with E-state index in [2.05, 4.69) is 30.3 Å². The van der Waals surface area contributed by atoms with Crippen LogP contribution < -0.4 is 19.7 Å². The molecule has 2 aliphatic rings. The van der Waals surface area contributed by atoms with E-state index < -0.39 is 0 Å². The third-order valence-electron chi connectivity index (χ3n) is 6.71. The highest BCUT2D eigenvalue weighted by atomic mass is 35.5. The number of benzene rings is 1. The van der Waals surface area contributed by atoms with Crippen molar-refractivity contribution in [3.8, 4) is 17.6 Å². The lowest BCUT2D eigenvalue weighted by Gasteiger charge is -2.29. The number of anilines is 1. The van der Waals surface area contributed by atoms with Gasteiger partial charge in [-0.2, -0.15) is 15.1 Å². The van der Waals surface area contributed by atoms with Gasteiger partial charge in [0.1, 0.15) is 28.6 Å². The van der Waals surface area contributed by atoms with Gasteiger partial charge in [0.15, 0.2) is 5.75 Å². The fraction of sp³-hybridized carbons (Fsp3) is 0.417. The molecule has 2 saturated heterocycles. The third kappa shape index (κ3) is 4.62. The minimum absolute atomic E-state index is 0.0869. The molecular formula is C24H26Cl2N8O3. The molecule has 5 heterocycles. The van der Waals surface area contributed by atoms with Crippen LogP contribution >= 0.6 is 23.2 Å². The molecule has 11 nitrogen and oxygen atoms in total. The molecule has 0 radical (unpaired) electrons. The second-order valence-electron chi connectivity index (χ2n) is 9.17. The predicted molar refractivity (Wildman–Crippen MR) is 141 cm³/mol. The SMILES string of the molecule is CO[C@@H]1CN(C)C[C@H]1Oc1nc(N2CCNCC2)c2ccnc(Oc3c(Cl)c(Cl)cc4[nH]ncc34)c2n1. The van der Waals surface area contributed by atoms with Gasteiger partial charge in [0.05, 0.1) is 27.5 Å². The van der Waals surface area contributed by atoms with Crippen molar-refractivity contribution in [1.29, 1.82) is 0 Å². The Labute approximate surface area is 223 Å². The Morgan fingerprint density at radius 2 is 1.89 bits per heavy atom. The molecule has 0 saturated carbocycles. The maximum absolute atomic E-state index is 6.56. The molecule has 0 bridgehead atoms. The van der Waals surface area contributed by atoms with Crippen LogP contribution in [-0.4, -0.2) is 95.7 Å². The van der Waals surface area contributed by atoms with Crippen molar-refractivity contribution in [2.24, 2.45) is 0 Å². The zero-order chi connectivity index (χ0) is 25.5. The molecule has 2 atom stereocenters. The van der Waals surface area contributed by atoms with Crippen LogP contribution in [0, 0.1) is 0 Å². The number of H-pyrrole nitrogens is 1. The number of ether oxygens (including phenoxy) is 3. The molecule has 2 fully saturated rings. The average Bonchev–Trinajstić information content (AvgIpc) is 3.52. The molecule has 3 aromatic heterocycles. The summed E-state index contributed by atoms with van der Waals surface area (Å²) in [6.07, 6.45) is 3.01. The van der Waals surface area contributed by atoms with E-state index in [9.17, 15) is 0 Å². The number of aromatic nitrogens is 5. The quantitative estimate of drug-likeness (QED) is 0.375. The average molecular weight is 545 g/mol. The van der Waals surface area contributed by atoms with Crippen LogP contribution in [0.15, 0.2) is 24.5 Å². The van der Waals surface area contributed by atoms with Crippen LogP contribution in [-0.2, 0) is 4.74 Å². The Bertz CT molecular complexity index is 1440. The van der Waals surface area contributed by atoms with Gasteiger partial charge in [-0.05, 0) is 19.2 Å². The predicted octanol–water partition coefficient (Wildman–Crippen LogP) is 3.12. The number of methoxy groups -OCH3 is 1. The van der Waals surface area contributed by atoms with E-state index in [0.717, 1.165) is 43.9 Å². The summed E-state index contributed by atoms with van der Waals surface area (Å²) in [7, 11) is 3.72. The monoisotopic (exact) mass is 544 g/mol. The van der Waals surface area contributed by atoms with Crippen LogP contribution in [0.1, 0.15) is 0 Å². The smallest absolute Gasteiger partial charge is 0.319 e. The molecule has 1 aromatic carbocycles. The first-order valence-corrected chi connectivity index (χ1v) is 12.8. The van der Waals surface area contributed by atoms with E-state index >= 15 is 0 Å². The van der Waals surface area contributed by atoms with Gasteiger partial charge in [-0.1, -0.05) is 23.2 Å². The number of aromatic amines is 1. The van der Waals surface area contributed by atoms with E-state index in [4.69, 9.17) is 47.4 Å². The van der Waals surface area contributed by atoms with Gasteiger partial charge in [0, 0.05) is 52.6 Å². The Hall–Kier alpha value is -2.96. The van der Waals surface area contributed by atoms with E-state index in [-0.39, 0.29) is 29.1 Å². The van der Waals surface area contributed by atoms with Gasteiger partial charge in [-0.25, -0.2) is 4.98 Å². The van der Waals surface area contributed by atoms with E-state index in [1.807, 2.05) is 13.1 Å². The second-order valence-corrected chi connectivity index (χ2v) is 9.95. The first kappa shape index (κ1) is 24.4. The number of rotatable bonds is 6. The molecule has 2 aliphatic heterocycles. The summed E-state index contributed by atoms with van der Waals surface area (Å²) in [4.78, 5) is 18.5. The number of pyridine rings is 1. The Balaban J connectivity index is 1.47. The van der Waals surface area contributed by atoms with Crippen LogP contribution in [0.2, 0.25) is 10.0 Å².